The van der Waals surface area contributed by atoms with Gasteiger partial charge < -0.3 is 10.1 Å². The summed E-state index contributed by atoms with van der Waals surface area (Å²) < 4.78 is 6.87. The maximum Gasteiger partial charge on any atom is 0.274 e. The molecule has 5 rings (SSSR count). The summed E-state index contributed by atoms with van der Waals surface area (Å²) in [6.07, 6.45) is 0. The van der Waals surface area contributed by atoms with Crippen LogP contribution in [0, 0.1) is 0 Å². The van der Waals surface area contributed by atoms with E-state index in [2.05, 4.69) is 15.3 Å². The number of benzene rings is 3. The number of morpholine rings is 1. The van der Waals surface area contributed by atoms with Gasteiger partial charge in [0.2, 0.25) is 0 Å². The van der Waals surface area contributed by atoms with E-state index >= 15 is 0 Å². The van der Waals surface area contributed by atoms with Gasteiger partial charge in [-0.15, -0.1) is 0 Å². The van der Waals surface area contributed by atoms with Gasteiger partial charge in [0.1, 0.15) is 0 Å². The molecular weight excluding hydrogens is 440 g/mol. The summed E-state index contributed by atoms with van der Waals surface area (Å²) >= 11 is 0. The standard InChI is InChI=1S/C28H28N4O3/c33-27(29-25(22-11-5-2-6-12-22)20-31-15-17-35-18-16-31)26-23-13-7-8-14-24(23)28(34)32(30-26)19-21-9-3-1-4-10-21/h1-14,25H,15-20H2,(H,29,33)/t25-/m0/s1. The molecule has 1 saturated heterocycles. The van der Waals surface area contributed by atoms with Crippen LogP contribution in [0.5, 0.6) is 0 Å². The predicted molar refractivity (Wildman–Crippen MR) is 135 cm³/mol. The monoisotopic (exact) mass is 468 g/mol. The summed E-state index contributed by atoms with van der Waals surface area (Å²) in [5, 5.41) is 8.78. The van der Waals surface area contributed by atoms with Crippen LogP contribution in [-0.4, -0.2) is 53.4 Å². The number of carbonyl (C=O) groups excluding carboxylic acids is 1. The Morgan fingerprint density at radius 2 is 1.51 bits per heavy atom. The van der Waals surface area contributed by atoms with Crippen LogP contribution >= 0.6 is 0 Å². The first-order valence-corrected chi connectivity index (χ1v) is 11.9. The molecule has 1 aliphatic heterocycles. The summed E-state index contributed by atoms with van der Waals surface area (Å²) in [4.78, 5) is 29.1. The van der Waals surface area contributed by atoms with Crippen molar-refractivity contribution < 1.29 is 9.53 Å². The number of aromatic nitrogens is 2. The summed E-state index contributed by atoms with van der Waals surface area (Å²) in [5.74, 6) is -0.301. The molecule has 1 fully saturated rings. The second kappa shape index (κ2) is 10.6. The molecule has 0 unspecified atom stereocenters. The Morgan fingerprint density at radius 3 is 2.23 bits per heavy atom. The highest BCUT2D eigenvalue weighted by atomic mass is 16.5. The maximum atomic E-state index is 13.7. The zero-order valence-electron chi connectivity index (χ0n) is 19.5. The molecule has 0 saturated carbocycles. The van der Waals surface area contributed by atoms with E-state index in [1.807, 2.05) is 72.8 Å². The van der Waals surface area contributed by atoms with E-state index in [-0.39, 0.29) is 23.2 Å². The fourth-order valence-electron chi connectivity index (χ4n) is 4.45. The van der Waals surface area contributed by atoms with Crippen LogP contribution in [0.25, 0.3) is 10.8 Å². The Kier molecular flexibility index (Phi) is 6.97. The van der Waals surface area contributed by atoms with Gasteiger partial charge in [-0.3, -0.25) is 14.5 Å². The average molecular weight is 469 g/mol. The Labute approximate surface area is 204 Å². The molecule has 3 aromatic carbocycles. The number of hydrogen-bond donors (Lipinski definition) is 1. The number of fused-ring (bicyclic) bond motifs is 1. The van der Waals surface area contributed by atoms with E-state index in [9.17, 15) is 9.59 Å². The number of ether oxygens (including phenoxy) is 1. The van der Waals surface area contributed by atoms with Gasteiger partial charge in [-0.25, -0.2) is 4.68 Å². The zero-order chi connectivity index (χ0) is 24.0. The van der Waals surface area contributed by atoms with E-state index in [0.29, 0.717) is 37.1 Å². The van der Waals surface area contributed by atoms with Gasteiger partial charge in [-0.1, -0.05) is 78.9 Å². The Balaban J connectivity index is 1.49. The normalized spacial score (nSPS) is 15.1. The van der Waals surface area contributed by atoms with Crippen LogP contribution in [0.2, 0.25) is 0 Å². The van der Waals surface area contributed by atoms with E-state index in [1.54, 1.807) is 12.1 Å². The summed E-state index contributed by atoms with van der Waals surface area (Å²) in [6.45, 7) is 3.98. The van der Waals surface area contributed by atoms with E-state index < -0.39 is 0 Å². The largest absolute Gasteiger partial charge is 0.379 e. The number of amides is 1. The highest BCUT2D eigenvalue weighted by Crippen LogP contribution is 2.19. The topological polar surface area (TPSA) is 76.5 Å². The molecule has 1 N–H and O–H groups in total. The van der Waals surface area contributed by atoms with Crippen LogP contribution in [0.1, 0.15) is 27.7 Å². The SMILES string of the molecule is O=C(N[C@@H](CN1CCOCC1)c1ccccc1)c1nn(Cc2ccccc2)c(=O)c2ccccc12. The molecule has 4 aromatic rings. The molecule has 7 nitrogen and oxygen atoms in total. The van der Waals surface area contributed by atoms with Gasteiger partial charge in [0, 0.05) is 25.0 Å². The molecular formula is C28H28N4O3. The molecule has 0 spiro atoms. The lowest BCUT2D eigenvalue weighted by molar-refractivity contribution is 0.0332. The summed E-state index contributed by atoms with van der Waals surface area (Å²) in [5.41, 5.74) is 2.00. The zero-order valence-corrected chi connectivity index (χ0v) is 19.5. The first-order valence-electron chi connectivity index (χ1n) is 11.9. The summed E-state index contributed by atoms with van der Waals surface area (Å²) in [7, 11) is 0. The summed E-state index contributed by atoms with van der Waals surface area (Å²) in [6, 6.07) is 26.5. The lowest BCUT2D eigenvalue weighted by Crippen LogP contribution is -2.43. The third-order valence-corrected chi connectivity index (χ3v) is 6.31. The molecule has 178 valence electrons. The van der Waals surface area contributed by atoms with Crippen LogP contribution < -0.4 is 10.9 Å². The average Bonchev–Trinajstić information content (AvgIpc) is 2.91. The lowest BCUT2D eigenvalue weighted by atomic mass is 10.0. The molecule has 1 aliphatic rings. The fraction of sp³-hybridized carbons (Fsp3) is 0.250. The second-order valence-corrected chi connectivity index (χ2v) is 8.69. The van der Waals surface area contributed by atoms with Gasteiger partial charge in [-0.2, -0.15) is 5.10 Å². The first kappa shape index (κ1) is 23.0. The molecule has 2 heterocycles. The van der Waals surface area contributed by atoms with Crippen molar-refractivity contribution in [2.75, 3.05) is 32.8 Å². The molecule has 1 atom stereocenters. The van der Waals surface area contributed by atoms with E-state index in [4.69, 9.17) is 4.74 Å². The lowest BCUT2D eigenvalue weighted by Gasteiger charge is -2.31. The maximum absolute atomic E-state index is 13.7. The highest BCUT2D eigenvalue weighted by Gasteiger charge is 2.23. The van der Waals surface area contributed by atoms with Crippen molar-refractivity contribution in [3.63, 3.8) is 0 Å². The number of hydrogen-bond acceptors (Lipinski definition) is 5. The Hall–Kier alpha value is -3.81. The molecule has 35 heavy (non-hydrogen) atoms. The first-order chi connectivity index (χ1) is 17.2. The van der Waals surface area contributed by atoms with Crippen LogP contribution in [0.15, 0.2) is 89.7 Å². The van der Waals surface area contributed by atoms with Gasteiger partial charge in [0.15, 0.2) is 5.69 Å². The third kappa shape index (κ3) is 5.31. The smallest absolute Gasteiger partial charge is 0.274 e. The molecule has 1 amide bonds. The van der Waals surface area contributed by atoms with Crippen molar-refractivity contribution in [1.82, 2.24) is 20.0 Å². The predicted octanol–water partition coefficient (Wildman–Crippen LogP) is 3.25. The van der Waals surface area contributed by atoms with Gasteiger partial charge in [-0.05, 0) is 17.2 Å². The minimum Gasteiger partial charge on any atom is -0.379 e. The van der Waals surface area contributed by atoms with Crippen LogP contribution in [0.4, 0.5) is 0 Å². The third-order valence-electron chi connectivity index (χ3n) is 6.31. The number of nitrogens with one attached hydrogen (secondary N) is 1. The minimum atomic E-state index is -0.301. The fourth-order valence-corrected chi connectivity index (χ4v) is 4.45. The quantitative estimate of drug-likeness (QED) is 0.451. The van der Waals surface area contributed by atoms with E-state index in [1.165, 1.54) is 4.68 Å². The second-order valence-electron chi connectivity index (χ2n) is 8.69. The van der Waals surface area contributed by atoms with Crippen molar-refractivity contribution in [3.05, 3.63) is 112 Å². The van der Waals surface area contributed by atoms with Crippen molar-refractivity contribution in [3.8, 4) is 0 Å². The highest BCUT2D eigenvalue weighted by molar-refractivity contribution is 6.04. The molecule has 0 aliphatic carbocycles. The number of rotatable bonds is 7. The molecule has 0 radical (unpaired) electrons. The van der Waals surface area contributed by atoms with E-state index in [0.717, 1.165) is 24.2 Å². The Morgan fingerprint density at radius 1 is 0.886 bits per heavy atom. The molecule has 1 aromatic heterocycles. The van der Waals surface area contributed by atoms with Gasteiger partial charge >= 0.3 is 0 Å². The van der Waals surface area contributed by atoms with Crippen LogP contribution in [0.3, 0.4) is 0 Å². The Bertz CT molecular complexity index is 1350. The van der Waals surface area contributed by atoms with Crippen molar-refractivity contribution in [2.24, 2.45) is 0 Å². The molecule has 7 heteroatoms. The van der Waals surface area contributed by atoms with Crippen molar-refractivity contribution in [2.45, 2.75) is 12.6 Å². The van der Waals surface area contributed by atoms with Gasteiger partial charge in [0.05, 0.1) is 31.2 Å². The minimum absolute atomic E-state index is 0.214. The van der Waals surface area contributed by atoms with Gasteiger partial charge in [0.25, 0.3) is 11.5 Å². The van der Waals surface area contributed by atoms with Crippen molar-refractivity contribution >= 4 is 16.7 Å². The molecule has 0 bridgehead atoms. The van der Waals surface area contributed by atoms with Crippen LogP contribution in [-0.2, 0) is 11.3 Å². The van der Waals surface area contributed by atoms with Crippen molar-refractivity contribution in [1.29, 1.82) is 0 Å². The number of carbonyl (C=O) groups is 1. The number of nitrogens with zero attached hydrogens (tertiary/aromatic N) is 3.